The maximum absolute atomic E-state index is 11.6. The fourth-order valence-electron chi connectivity index (χ4n) is 0.674. The maximum Gasteiger partial charge on any atom is 0.0906 e. The summed E-state index contributed by atoms with van der Waals surface area (Å²) < 4.78 is 11.6. The van der Waals surface area contributed by atoms with Crippen molar-refractivity contribution < 1.29 is 9.50 Å². The molecule has 0 heterocycles. The van der Waals surface area contributed by atoms with Gasteiger partial charge < -0.3 is 10.4 Å². The van der Waals surface area contributed by atoms with Crippen molar-refractivity contribution in [3.8, 4) is 0 Å². The van der Waals surface area contributed by atoms with E-state index >= 15 is 0 Å². The van der Waals surface area contributed by atoms with Gasteiger partial charge in [-0.3, -0.25) is 4.39 Å². The zero-order chi connectivity index (χ0) is 8.74. The van der Waals surface area contributed by atoms with Crippen molar-refractivity contribution in [1.82, 2.24) is 5.32 Å². The van der Waals surface area contributed by atoms with E-state index in [1.165, 1.54) is 0 Å². The molecule has 68 valence electrons. The normalized spacial score (nSPS) is 12.0. The third-order valence-corrected chi connectivity index (χ3v) is 1.52. The van der Waals surface area contributed by atoms with Crippen LogP contribution in [0.3, 0.4) is 0 Å². The number of hydrogen-bond acceptors (Lipinski definition) is 2. The van der Waals surface area contributed by atoms with Gasteiger partial charge in [0.2, 0.25) is 0 Å². The average Bonchev–Trinajstić information content (AvgIpc) is 1.99. The first kappa shape index (κ1) is 10.8. The third kappa shape index (κ3) is 6.26. The van der Waals surface area contributed by atoms with Crippen LogP contribution in [0.2, 0.25) is 0 Å². The molecule has 0 saturated carbocycles. The monoisotopic (exact) mass is 163 g/mol. The molecule has 0 spiro atoms. The standard InChI is InChI=1S/C8H18FNO/c1-8(2,7-11)6-10-5-3-4-9/h10-11H,3-7H2,1-2H3. The topological polar surface area (TPSA) is 32.3 Å². The van der Waals surface area contributed by atoms with Crippen molar-refractivity contribution in [3.05, 3.63) is 0 Å². The number of hydrogen-bond donors (Lipinski definition) is 2. The molecule has 2 N–H and O–H groups in total. The highest BCUT2D eigenvalue weighted by molar-refractivity contribution is 4.69. The van der Waals surface area contributed by atoms with E-state index in [9.17, 15) is 4.39 Å². The van der Waals surface area contributed by atoms with E-state index in [0.29, 0.717) is 13.0 Å². The molecular weight excluding hydrogens is 145 g/mol. The number of rotatable bonds is 6. The molecule has 0 radical (unpaired) electrons. The smallest absolute Gasteiger partial charge is 0.0906 e. The Morgan fingerprint density at radius 1 is 1.45 bits per heavy atom. The summed E-state index contributed by atoms with van der Waals surface area (Å²) in [4.78, 5) is 0. The van der Waals surface area contributed by atoms with Gasteiger partial charge in [0.1, 0.15) is 0 Å². The Morgan fingerprint density at radius 3 is 2.55 bits per heavy atom. The Balaban J connectivity index is 3.23. The van der Waals surface area contributed by atoms with Gasteiger partial charge in [0.25, 0.3) is 0 Å². The summed E-state index contributed by atoms with van der Waals surface area (Å²) in [6.07, 6.45) is 0.557. The van der Waals surface area contributed by atoms with Gasteiger partial charge in [0.05, 0.1) is 6.67 Å². The lowest BCUT2D eigenvalue weighted by Crippen LogP contribution is -2.32. The molecule has 11 heavy (non-hydrogen) atoms. The fraction of sp³-hybridized carbons (Fsp3) is 1.00. The van der Waals surface area contributed by atoms with Crippen LogP contribution in [0.4, 0.5) is 4.39 Å². The van der Waals surface area contributed by atoms with Crippen LogP contribution in [0, 0.1) is 5.41 Å². The number of nitrogens with one attached hydrogen (secondary N) is 1. The summed E-state index contributed by atoms with van der Waals surface area (Å²) in [7, 11) is 0. The van der Waals surface area contributed by atoms with Gasteiger partial charge in [-0.05, 0) is 13.0 Å². The molecule has 0 saturated heterocycles. The van der Waals surface area contributed by atoms with Crippen molar-refractivity contribution in [3.63, 3.8) is 0 Å². The second-order valence-electron chi connectivity index (χ2n) is 3.54. The first-order valence-corrected chi connectivity index (χ1v) is 4.00. The zero-order valence-corrected chi connectivity index (χ0v) is 7.36. The molecule has 0 amide bonds. The second-order valence-corrected chi connectivity index (χ2v) is 3.54. The molecule has 3 heteroatoms. The third-order valence-electron chi connectivity index (χ3n) is 1.52. The molecule has 0 fully saturated rings. The SMILES string of the molecule is CC(C)(CO)CNCCCF. The Labute approximate surface area is 67.8 Å². The van der Waals surface area contributed by atoms with E-state index in [1.807, 2.05) is 13.8 Å². The van der Waals surface area contributed by atoms with Gasteiger partial charge in [-0.1, -0.05) is 13.8 Å². The van der Waals surface area contributed by atoms with Crippen molar-refractivity contribution in [1.29, 1.82) is 0 Å². The highest BCUT2D eigenvalue weighted by Gasteiger charge is 2.14. The predicted molar refractivity (Wildman–Crippen MR) is 44.3 cm³/mol. The van der Waals surface area contributed by atoms with Gasteiger partial charge in [0.15, 0.2) is 0 Å². The van der Waals surface area contributed by atoms with Crippen molar-refractivity contribution in [2.75, 3.05) is 26.4 Å². The lowest BCUT2D eigenvalue weighted by Gasteiger charge is -2.21. The van der Waals surface area contributed by atoms with Crippen LogP contribution < -0.4 is 5.32 Å². The molecule has 0 aromatic carbocycles. The Bertz CT molecular complexity index is 96.1. The molecule has 0 aromatic rings. The van der Waals surface area contributed by atoms with Gasteiger partial charge in [-0.25, -0.2) is 0 Å². The van der Waals surface area contributed by atoms with E-state index < -0.39 is 0 Å². The highest BCUT2D eigenvalue weighted by atomic mass is 19.1. The van der Waals surface area contributed by atoms with Gasteiger partial charge in [0, 0.05) is 18.6 Å². The lowest BCUT2D eigenvalue weighted by molar-refractivity contribution is 0.157. The minimum absolute atomic E-state index is 0.0870. The molecule has 0 aliphatic heterocycles. The first-order chi connectivity index (χ1) is 5.12. The van der Waals surface area contributed by atoms with E-state index in [0.717, 1.165) is 6.54 Å². The summed E-state index contributed by atoms with van der Waals surface area (Å²) in [6.45, 7) is 5.26. The van der Waals surface area contributed by atoms with E-state index in [2.05, 4.69) is 5.32 Å². The van der Waals surface area contributed by atoms with Crippen LogP contribution in [0.1, 0.15) is 20.3 Å². The van der Waals surface area contributed by atoms with Crippen LogP contribution in [-0.2, 0) is 0 Å². The molecular formula is C8H18FNO. The zero-order valence-electron chi connectivity index (χ0n) is 7.36. The van der Waals surface area contributed by atoms with Crippen LogP contribution in [0.25, 0.3) is 0 Å². The first-order valence-electron chi connectivity index (χ1n) is 4.00. The molecule has 0 rings (SSSR count). The molecule has 2 nitrogen and oxygen atoms in total. The van der Waals surface area contributed by atoms with Crippen LogP contribution in [0.5, 0.6) is 0 Å². The van der Waals surface area contributed by atoms with Crippen LogP contribution >= 0.6 is 0 Å². The minimum Gasteiger partial charge on any atom is -0.396 e. The molecule has 0 bridgehead atoms. The molecule has 0 aliphatic rings. The predicted octanol–water partition coefficient (Wildman–Crippen LogP) is 0.954. The number of aliphatic hydroxyl groups excluding tert-OH is 1. The van der Waals surface area contributed by atoms with Gasteiger partial charge in [-0.15, -0.1) is 0 Å². The van der Waals surface area contributed by atoms with Crippen molar-refractivity contribution in [2.24, 2.45) is 5.41 Å². The Hall–Kier alpha value is -0.150. The second kappa shape index (κ2) is 5.49. The van der Waals surface area contributed by atoms with Crippen molar-refractivity contribution >= 4 is 0 Å². The van der Waals surface area contributed by atoms with Crippen molar-refractivity contribution in [2.45, 2.75) is 20.3 Å². The number of alkyl halides is 1. The summed E-state index contributed by atoms with van der Waals surface area (Å²) in [5, 5.41) is 11.9. The summed E-state index contributed by atoms with van der Waals surface area (Å²) in [5.74, 6) is 0. The van der Waals surface area contributed by atoms with E-state index in [-0.39, 0.29) is 18.7 Å². The molecule has 0 unspecified atom stereocenters. The number of aliphatic hydroxyl groups is 1. The maximum atomic E-state index is 11.6. The van der Waals surface area contributed by atoms with Crippen LogP contribution in [-0.4, -0.2) is 31.5 Å². The molecule has 0 aromatic heterocycles. The van der Waals surface area contributed by atoms with Gasteiger partial charge >= 0.3 is 0 Å². The lowest BCUT2D eigenvalue weighted by atomic mass is 9.95. The fourth-order valence-corrected chi connectivity index (χ4v) is 0.674. The Morgan fingerprint density at radius 2 is 2.09 bits per heavy atom. The summed E-state index contributed by atoms with van der Waals surface area (Å²) >= 11 is 0. The van der Waals surface area contributed by atoms with Crippen LogP contribution in [0.15, 0.2) is 0 Å². The molecule has 0 aliphatic carbocycles. The quantitative estimate of drug-likeness (QED) is 0.571. The number of halogens is 1. The van der Waals surface area contributed by atoms with Gasteiger partial charge in [-0.2, -0.15) is 0 Å². The van der Waals surface area contributed by atoms with E-state index in [1.54, 1.807) is 0 Å². The molecule has 0 atom stereocenters. The minimum atomic E-state index is -0.271. The summed E-state index contributed by atoms with van der Waals surface area (Å²) in [6, 6.07) is 0. The average molecular weight is 163 g/mol. The summed E-state index contributed by atoms with van der Waals surface area (Å²) in [5.41, 5.74) is -0.0870. The highest BCUT2D eigenvalue weighted by Crippen LogP contribution is 2.10. The largest absolute Gasteiger partial charge is 0.396 e. The Kier molecular flexibility index (Phi) is 5.42. The van der Waals surface area contributed by atoms with E-state index in [4.69, 9.17) is 5.11 Å².